The number of rotatable bonds is 7. The van der Waals surface area contributed by atoms with Crippen LogP contribution in [0.3, 0.4) is 0 Å². The summed E-state index contributed by atoms with van der Waals surface area (Å²) in [6.07, 6.45) is 0. The van der Waals surface area contributed by atoms with Crippen LogP contribution in [0.4, 0.5) is 5.69 Å². The first kappa shape index (κ1) is 29.2. The molecule has 1 aliphatic rings. The SMILES string of the molecule is C=C(C(=O)Oc1cccc2ccccc12)[C@]1(O)C(=O)N(C(c2ccccc2)(c2ccccc2)c2ccccc2)c2ccc(Cl)cc21. The van der Waals surface area contributed by atoms with Crippen LogP contribution in [-0.4, -0.2) is 17.0 Å². The highest BCUT2D eigenvalue weighted by Gasteiger charge is 2.60. The fraction of sp³-hybridized carbons (Fsp3) is 0.0500. The maximum absolute atomic E-state index is 15.1. The highest BCUT2D eigenvalue weighted by atomic mass is 35.5. The molecule has 6 aromatic carbocycles. The largest absolute Gasteiger partial charge is 0.422 e. The van der Waals surface area contributed by atoms with Gasteiger partial charge in [0.05, 0.1) is 11.3 Å². The van der Waals surface area contributed by atoms with Crippen molar-refractivity contribution in [3.8, 4) is 5.75 Å². The van der Waals surface area contributed by atoms with Gasteiger partial charge in [-0.1, -0.05) is 146 Å². The van der Waals surface area contributed by atoms with E-state index in [1.807, 2.05) is 121 Å². The number of carbonyl (C=O) groups excluding carboxylic acids is 2. The number of hydrogen-bond acceptors (Lipinski definition) is 4. The first-order valence-electron chi connectivity index (χ1n) is 14.8. The van der Waals surface area contributed by atoms with Gasteiger partial charge >= 0.3 is 5.97 Å². The average Bonchev–Trinajstić information content (AvgIpc) is 3.32. The molecule has 0 saturated heterocycles. The van der Waals surface area contributed by atoms with E-state index < -0.39 is 28.6 Å². The van der Waals surface area contributed by atoms with Crippen molar-refractivity contribution >= 4 is 39.9 Å². The molecule has 0 fully saturated rings. The van der Waals surface area contributed by atoms with Crippen LogP contribution in [-0.2, 0) is 20.7 Å². The van der Waals surface area contributed by atoms with Crippen molar-refractivity contribution in [2.45, 2.75) is 11.1 Å². The summed E-state index contributed by atoms with van der Waals surface area (Å²) >= 11 is 6.50. The number of benzene rings is 6. The molecule has 0 saturated carbocycles. The van der Waals surface area contributed by atoms with Crippen LogP contribution < -0.4 is 9.64 Å². The second-order valence-electron chi connectivity index (χ2n) is 11.2. The van der Waals surface area contributed by atoms with Gasteiger partial charge in [-0.2, -0.15) is 0 Å². The summed E-state index contributed by atoms with van der Waals surface area (Å²) in [4.78, 5) is 30.6. The molecular formula is C40H28ClNO4. The van der Waals surface area contributed by atoms with E-state index in [9.17, 15) is 9.90 Å². The molecule has 1 heterocycles. The Bertz CT molecular complexity index is 2010. The lowest BCUT2D eigenvalue weighted by Gasteiger charge is -2.44. The minimum atomic E-state index is -2.49. The van der Waals surface area contributed by atoms with Crippen molar-refractivity contribution in [2.24, 2.45) is 0 Å². The van der Waals surface area contributed by atoms with Gasteiger partial charge in [-0.15, -0.1) is 0 Å². The molecule has 1 atom stereocenters. The number of halogens is 1. The number of nitrogens with zero attached hydrogens (tertiary/aromatic N) is 1. The van der Waals surface area contributed by atoms with Crippen LogP contribution in [0, 0.1) is 0 Å². The Balaban J connectivity index is 1.44. The number of ether oxygens (including phenoxy) is 1. The fourth-order valence-corrected chi connectivity index (χ4v) is 6.70. The highest BCUT2D eigenvalue weighted by Crippen LogP contribution is 2.54. The zero-order valence-electron chi connectivity index (χ0n) is 24.6. The Hall–Kier alpha value is -5.49. The number of fused-ring (bicyclic) bond motifs is 2. The summed E-state index contributed by atoms with van der Waals surface area (Å²) in [5.41, 5.74) is -1.36. The molecule has 0 radical (unpaired) electrons. The Morgan fingerprint density at radius 3 is 1.83 bits per heavy atom. The van der Waals surface area contributed by atoms with E-state index in [4.69, 9.17) is 16.3 Å². The van der Waals surface area contributed by atoms with Crippen molar-refractivity contribution < 1.29 is 19.4 Å². The standard InChI is InChI=1S/C40H28ClNO4/c1-27(37(43)46-36-23-13-15-28-14-11-12-22-33(28)36)40(45)34-26-32(41)24-25-35(34)42(38(40)44)39(29-16-5-2-6-17-29,30-18-7-3-8-19-30)31-20-9-4-10-21-31/h2-26,45H,1H2/t40-/m1/s1. The van der Waals surface area contributed by atoms with Gasteiger partial charge in [-0.05, 0) is 46.3 Å². The topological polar surface area (TPSA) is 66.8 Å². The molecule has 224 valence electrons. The molecule has 7 rings (SSSR count). The molecule has 1 amide bonds. The number of aliphatic hydroxyl groups is 1. The van der Waals surface area contributed by atoms with E-state index in [1.54, 1.807) is 29.2 Å². The predicted molar refractivity (Wildman–Crippen MR) is 181 cm³/mol. The van der Waals surface area contributed by atoms with Gasteiger partial charge in [0.2, 0.25) is 5.60 Å². The zero-order valence-corrected chi connectivity index (χ0v) is 25.4. The van der Waals surface area contributed by atoms with Gasteiger partial charge in [-0.25, -0.2) is 4.79 Å². The normalized spacial score (nSPS) is 15.9. The third kappa shape index (κ3) is 4.44. The van der Waals surface area contributed by atoms with Crippen molar-refractivity contribution in [1.29, 1.82) is 0 Å². The summed E-state index contributed by atoms with van der Waals surface area (Å²) < 4.78 is 5.83. The zero-order chi connectivity index (χ0) is 31.9. The Kier molecular flexibility index (Phi) is 7.28. The molecular weight excluding hydrogens is 594 g/mol. The van der Waals surface area contributed by atoms with Crippen LogP contribution in [0.1, 0.15) is 22.3 Å². The Morgan fingerprint density at radius 1 is 0.717 bits per heavy atom. The van der Waals surface area contributed by atoms with Crippen molar-refractivity contribution in [3.05, 3.63) is 191 Å². The molecule has 0 spiro atoms. The predicted octanol–water partition coefficient (Wildman–Crippen LogP) is 8.18. The lowest BCUT2D eigenvalue weighted by molar-refractivity contribution is -0.141. The second kappa shape index (κ2) is 11.5. The smallest absolute Gasteiger partial charge is 0.342 e. The molecule has 0 aromatic heterocycles. The average molecular weight is 622 g/mol. The van der Waals surface area contributed by atoms with Crippen LogP contribution in [0.2, 0.25) is 5.02 Å². The van der Waals surface area contributed by atoms with Gasteiger partial charge in [0.25, 0.3) is 5.91 Å². The van der Waals surface area contributed by atoms with E-state index in [0.29, 0.717) is 11.1 Å². The molecule has 0 aliphatic carbocycles. The Morgan fingerprint density at radius 2 is 1.24 bits per heavy atom. The Labute approximate surface area is 271 Å². The minimum Gasteiger partial charge on any atom is -0.422 e. The summed E-state index contributed by atoms with van der Waals surface area (Å²) in [6, 6.07) is 46.5. The lowest BCUT2D eigenvalue weighted by Crippen LogP contribution is -2.54. The molecule has 46 heavy (non-hydrogen) atoms. The third-order valence-corrected chi connectivity index (χ3v) is 8.88. The molecule has 1 aliphatic heterocycles. The molecule has 6 aromatic rings. The molecule has 6 heteroatoms. The number of hydrogen-bond donors (Lipinski definition) is 1. The van der Waals surface area contributed by atoms with Crippen molar-refractivity contribution in [1.82, 2.24) is 0 Å². The highest BCUT2D eigenvalue weighted by molar-refractivity contribution is 6.31. The first-order valence-corrected chi connectivity index (χ1v) is 15.2. The molecule has 0 bridgehead atoms. The van der Waals surface area contributed by atoms with Gasteiger partial charge in [0.1, 0.15) is 11.3 Å². The van der Waals surface area contributed by atoms with Gasteiger partial charge in [0.15, 0.2) is 0 Å². The number of amides is 1. The maximum atomic E-state index is 15.1. The minimum absolute atomic E-state index is 0.136. The fourth-order valence-electron chi connectivity index (χ4n) is 6.52. The summed E-state index contributed by atoms with van der Waals surface area (Å²) in [5.74, 6) is -1.42. The molecule has 5 nitrogen and oxygen atoms in total. The second-order valence-corrected chi connectivity index (χ2v) is 11.6. The number of carbonyl (C=O) groups is 2. The van der Waals surface area contributed by atoms with Gasteiger partial charge in [0, 0.05) is 16.0 Å². The van der Waals surface area contributed by atoms with Crippen LogP contribution in [0.15, 0.2) is 164 Å². The van der Waals surface area contributed by atoms with Crippen molar-refractivity contribution in [3.63, 3.8) is 0 Å². The van der Waals surface area contributed by atoms with E-state index >= 15 is 4.79 Å². The lowest BCUT2D eigenvalue weighted by atomic mass is 9.75. The van der Waals surface area contributed by atoms with Crippen LogP contribution in [0.5, 0.6) is 5.75 Å². The monoisotopic (exact) mass is 621 g/mol. The van der Waals surface area contributed by atoms with Crippen molar-refractivity contribution in [2.75, 3.05) is 4.90 Å². The molecule has 0 unspecified atom stereocenters. The van der Waals surface area contributed by atoms with Crippen LogP contribution >= 0.6 is 11.6 Å². The van der Waals surface area contributed by atoms with E-state index in [1.165, 1.54) is 6.07 Å². The van der Waals surface area contributed by atoms with E-state index in [-0.39, 0.29) is 16.3 Å². The quantitative estimate of drug-likeness (QED) is 0.0845. The van der Waals surface area contributed by atoms with E-state index in [2.05, 4.69) is 6.58 Å². The first-order chi connectivity index (χ1) is 22.4. The number of esters is 1. The number of anilines is 1. The molecule has 1 N–H and O–H groups in total. The van der Waals surface area contributed by atoms with Gasteiger partial charge < -0.3 is 9.84 Å². The summed E-state index contributed by atoms with van der Waals surface area (Å²) in [6.45, 7) is 3.98. The van der Waals surface area contributed by atoms with E-state index in [0.717, 1.165) is 22.1 Å². The summed E-state index contributed by atoms with van der Waals surface area (Å²) in [5, 5.41) is 14.5. The van der Waals surface area contributed by atoms with Crippen LogP contribution in [0.25, 0.3) is 10.8 Å². The summed E-state index contributed by atoms with van der Waals surface area (Å²) in [7, 11) is 0. The van der Waals surface area contributed by atoms with Gasteiger partial charge in [-0.3, -0.25) is 9.69 Å². The maximum Gasteiger partial charge on any atom is 0.342 e. The third-order valence-electron chi connectivity index (χ3n) is 8.65.